The standard InChI is InChI=1S/C18H17NO2/c1-3-19-16-11-17-15(9-12(16)2)14(10-18(20)21-17)13-7-5-4-6-8-13/h4-11,19H,3H2,1-2H3. The third-order valence-corrected chi connectivity index (χ3v) is 3.54. The first kappa shape index (κ1) is 13.4. The predicted octanol–water partition coefficient (Wildman–Crippen LogP) is 4.20. The van der Waals surface area contributed by atoms with E-state index in [1.165, 1.54) is 0 Å². The van der Waals surface area contributed by atoms with Crippen molar-refractivity contribution in [3.63, 3.8) is 0 Å². The van der Waals surface area contributed by atoms with Crippen LogP contribution in [0.2, 0.25) is 0 Å². The Labute approximate surface area is 123 Å². The summed E-state index contributed by atoms with van der Waals surface area (Å²) in [5.41, 5.74) is 4.35. The fourth-order valence-corrected chi connectivity index (χ4v) is 2.55. The van der Waals surface area contributed by atoms with Crippen LogP contribution in [0.4, 0.5) is 5.69 Å². The molecular formula is C18H17NO2. The average molecular weight is 279 g/mol. The summed E-state index contributed by atoms with van der Waals surface area (Å²) in [6.45, 7) is 4.92. The molecule has 0 amide bonds. The number of fused-ring (bicyclic) bond motifs is 1. The number of nitrogens with one attached hydrogen (secondary N) is 1. The molecule has 0 bridgehead atoms. The SMILES string of the molecule is CCNc1cc2oc(=O)cc(-c3ccccc3)c2cc1C. The second-order valence-corrected chi connectivity index (χ2v) is 5.04. The molecule has 0 saturated heterocycles. The Bertz CT molecular complexity index is 835. The molecule has 3 rings (SSSR count). The van der Waals surface area contributed by atoms with Crippen molar-refractivity contribution >= 4 is 16.7 Å². The summed E-state index contributed by atoms with van der Waals surface area (Å²) >= 11 is 0. The zero-order valence-corrected chi connectivity index (χ0v) is 12.1. The van der Waals surface area contributed by atoms with Gasteiger partial charge in [-0.25, -0.2) is 4.79 Å². The van der Waals surface area contributed by atoms with Gasteiger partial charge in [-0.1, -0.05) is 30.3 Å². The van der Waals surface area contributed by atoms with E-state index < -0.39 is 0 Å². The Hall–Kier alpha value is -2.55. The molecule has 3 aromatic rings. The van der Waals surface area contributed by atoms with Crippen molar-refractivity contribution in [3.8, 4) is 11.1 Å². The first-order chi connectivity index (χ1) is 10.2. The van der Waals surface area contributed by atoms with Gasteiger partial charge in [0.15, 0.2) is 0 Å². The van der Waals surface area contributed by atoms with Gasteiger partial charge in [0.05, 0.1) is 0 Å². The van der Waals surface area contributed by atoms with E-state index in [4.69, 9.17) is 4.42 Å². The molecule has 0 atom stereocenters. The summed E-state index contributed by atoms with van der Waals surface area (Å²) in [6.07, 6.45) is 0. The van der Waals surface area contributed by atoms with E-state index in [9.17, 15) is 4.79 Å². The van der Waals surface area contributed by atoms with E-state index in [1.54, 1.807) is 6.07 Å². The molecule has 0 spiro atoms. The smallest absolute Gasteiger partial charge is 0.336 e. The van der Waals surface area contributed by atoms with Crippen molar-refractivity contribution in [2.24, 2.45) is 0 Å². The van der Waals surface area contributed by atoms with Crippen LogP contribution in [-0.4, -0.2) is 6.54 Å². The Morgan fingerprint density at radius 3 is 2.57 bits per heavy atom. The van der Waals surface area contributed by atoms with E-state index in [0.717, 1.165) is 34.3 Å². The topological polar surface area (TPSA) is 42.2 Å². The molecule has 2 aromatic carbocycles. The number of hydrogen-bond acceptors (Lipinski definition) is 3. The lowest BCUT2D eigenvalue weighted by atomic mass is 10.00. The van der Waals surface area contributed by atoms with Gasteiger partial charge in [-0.2, -0.15) is 0 Å². The zero-order valence-electron chi connectivity index (χ0n) is 12.1. The van der Waals surface area contributed by atoms with Gasteiger partial charge in [0, 0.05) is 29.8 Å². The quantitative estimate of drug-likeness (QED) is 0.731. The van der Waals surface area contributed by atoms with Crippen molar-refractivity contribution in [2.45, 2.75) is 13.8 Å². The molecule has 0 radical (unpaired) electrons. The van der Waals surface area contributed by atoms with Crippen LogP contribution in [0, 0.1) is 6.92 Å². The molecule has 0 unspecified atom stereocenters. The highest BCUT2D eigenvalue weighted by molar-refractivity contribution is 5.95. The second-order valence-electron chi connectivity index (χ2n) is 5.04. The number of rotatable bonds is 3. The van der Waals surface area contributed by atoms with Gasteiger partial charge in [0.2, 0.25) is 0 Å². The highest BCUT2D eigenvalue weighted by atomic mass is 16.4. The van der Waals surface area contributed by atoms with Gasteiger partial charge in [-0.15, -0.1) is 0 Å². The minimum atomic E-state index is -0.326. The lowest BCUT2D eigenvalue weighted by molar-refractivity contribution is 0.561. The van der Waals surface area contributed by atoms with Crippen LogP contribution in [0.5, 0.6) is 0 Å². The molecule has 1 N–H and O–H groups in total. The maximum Gasteiger partial charge on any atom is 0.336 e. The Balaban J connectivity index is 2.31. The maximum atomic E-state index is 11.8. The van der Waals surface area contributed by atoms with Crippen LogP contribution >= 0.6 is 0 Å². The van der Waals surface area contributed by atoms with Crippen molar-refractivity contribution in [2.75, 3.05) is 11.9 Å². The summed E-state index contributed by atoms with van der Waals surface area (Å²) in [6, 6.07) is 15.4. The van der Waals surface area contributed by atoms with Gasteiger partial charge in [-0.05, 0) is 36.6 Å². The fourth-order valence-electron chi connectivity index (χ4n) is 2.55. The minimum Gasteiger partial charge on any atom is -0.423 e. The predicted molar refractivity (Wildman–Crippen MR) is 86.8 cm³/mol. The Morgan fingerprint density at radius 1 is 1.10 bits per heavy atom. The summed E-state index contributed by atoms with van der Waals surface area (Å²) in [7, 11) is 0. The lowest BCUT2D eigenvalue weighted by Crippen LogP contribution is -2.02. The molecule has 0 aliphatic heterocycles. The Kier molecular flexibility index (Phi) is 3.48. The minimum absolute atomic E-state index is 0.326. The van der Waals surface area contributed by atoms with Crippen LogP contribution in [0.3, 0.4) is 0 Å². The second kappa shape index (κ2) is 5.44. The van der Waals surface area contributed by atoms with Crippen LogP contribution < -0.4 is 10.9 Å². The van der Waals surface area contributed by atoms with E-state index >= 15 is 0 Å². The largest absolute Gasteiger partial charge is 0.423 e. The van der Waals surface area contributed by atoms with Gasteiger partial charge in [0.25, 0.3) is 0 Å². The zero-order chi connectivity index (χ0) is 14.8. The van der Waals surface area contributed by atoms with E-state index in [0.29, 0.717) is 5.58 Å². The van der Waals surface area contributed by atoms with Crippen LogP contribution in [0.1, 0.15) is 12.5 Å². The summed E-state index contributed by atoms with van der Waals surface area (Å²) in [5, 5.41) is 4.24. The molecule has 3 nitrogen and oxygen atoms in total. The number of benzene rings is 2. The monoisotopic (exact) mass is 279 g/mol. The average Bonchev–Trinajstić information content (AvgIpc) is 2.49. The molecule has 0 aliphatic carbocycles. The van der Waals surface area contributed by atoms with E-state index in [1.807, 2.05) is 43.3 Å². The molecule has 0 saturated carbocycles. The number of hydrogen-bond donors (Lipinski definition) is 1. The van der Waals surface area contributed by atoms with Gasteiger partial charge in [-0.3, -0.25) is 0 Å². The van der Waals surface area contributed by atoms with Crippen molar-refractivity contribution in [1.29, 1.82) is 0 Å². The van der Waals surface area contributed by atoms with Gasteiger partial charge >= 0.3 is 5.63 Å². The third kappa shape index (κ3) is 2.55. The lowest BCUT2D eigenvalue weighted by Gasteiger charge is -2.11. The van der Waals surface area contributed by atoms with Crippen LogP contribution in [0.15, 0.2) is 57.7 Å². The highest BCUT2D eigenvalue weighted by Gasteiger charge is 2.10. The van der Waals surface area contributed by atoms with E-state index in [-0.39, 0.29) is 5.63 Å². The maximum absolute atomic E-state index is 11.8. The number of aryl methyl sites for hydroxylation is 1. The van der Waals surface area contributed by atoms with Crippen molar-refractivity contribution < 1.29 is 4.42 Å². The van der Waals surface area contributed by atoms with E-state index in [2.05, 4.69) is 18.3 Å². The fraction of sp³-hybridized carbons (Fsp3) is 0.167. The molecule has 1 aromatic heterocycles. The van der Waals surface area contributed by atoms with Crippen molar-refractivity contribution in [3.05, 3.63) is 64.5 Å². The van der Waals surface area contributed by atoms with Crippen molar-refractivity contribution in [1.82, 2.24) is 0 Å². The normalized spacial score (nSPS) is 10.8. The molecule has 106 valence electrons. The molecular weight excluding hydrogens is 262 g/mol. The molecule has 0 aliphatic rings. The third-order valence-electron chi connectivity index (χ3n) is 3.54. The Morgan fingerprint density at radius 2 is 1.86 bits per heavy atom. The van der Waals surface area contributed by atoms with Crippen LogP contribution in [0.25, 0.3) is 22.1 Å². The summed E-state index contributed by atoms with van der Waals surface area (Å²) in [4.78, 5) is 11.8. The first-order valence-electron chi connectivity index (χ1n) is 7.07. The molecule has 3 heteroatoms. The van der Waals surface area contributed by atoms with Gasteiger partial charge < -0.3 is 9.73 Å². The highest BCUT2D eigenvalue weighted by Crippen LogP contribution is 2.30. The number of anilines is 1. The molecule has 21 heavy (non-hydrogen) atoms. The van der Waals surface area contributed by atoms with Gasteiger partial charge in [0.1, 0.15) is 5.58 Å². The first-order valence-corrected chi connectivity index (χ1v) is 7.07. The summed E-state index contributed by atoms with van der Waals surface area (Å²) < 4.78 is 5.37. The van der Waals surface area contributed by atoms with Crippen LogP contribution in [-0.2, 0) is 0 Å². The summed E-state index contributed by atoms with van der Waals surface area (Å²) in [5.74, 6) is 0. The molecule has 1 heterocycles. The molecule has 0 fully saturated rings.